The molecule has 1 heterocycles. The molecule has 0 spiro atoms. The van der Waals surface area contributed by atoms with E-state index in [-0.39, 0.29) is 10.8 Å². The molecule has 25 heavy (non-hydrogen) atoms. The molecule has 0 saturated carbocycles. The Balaban J connectivity index is 1.79. The topological polar surface area (TPSA) is 88.2 Å². The van der Waals surface area contributed by atoms with Gasteiger partial charge in [-0.3, -0.25) is 14.5 Å². The van der Waals surface area contributed by atoms with Crippen molar-refractivity contribution in [3.05, 3.63) is 84.7 Å². The van der Waals surface area contributed by atoms with Crippen LogP contribution in [0.4, 0.5) is 11.4 Å². The number of benzene rings is 2. The average molecular weight is 353 g/mol. The van der Waals surface area contributed by atoms with Crippen LogP contribution in [0.5, 0.6) is 0 Å². The fourth-order valence-electron chi connectivity index (χ4n) is 2.18. The van der Waals surface area contributed by atoms with Crippen molar-refractivity contribution >= 4 is 27.3 Å². The number of amides is 1. The number of pyridine rings is 1. The molecule has 0 fully saturated rings. The van der Waals surface area contributed by atoms with Crippen molar-refractivity contribution in [2.75, 3.05) is 10.0 Å². The maximum absolute atomic E-state index is 12.4. The summed E-state index contributed by atoms with van der Waals surface area (Å²) in [5.74, 6) is -0.341. The SMILES string of the molecule is O=C(Nc1ccncc1)c1cccc(NS(=O)(=O)c2ccccc2)c1. The van der Waals surface area contributed by atoms with Gasteiger partial charge in [-0.15, -0.1) is 0 Å². The van der Waals surface area contributed by atoms with Gasteiger partial charge in [0.1, 0.15) is 0 Å². The average Bonchev–Trinajstić information content (AvgIpc) is 2.63. The van der Waals surface area contributed by atoms with Crippen molar-refractivity contribution < 1.29 is 13.2 Å². The van der Waals surface area contributed by atoms with Gasteiger partial charge in [0.25, 0.3) is 15.9 Å². The smallest absolute Gasteiger partial charge is 0.261 e. The Kier molecular flexibility index (Phi) is 4.76. The van der Waals surface area contributed by atoms with Crippen LogP contribution in [-0.4, -0.2) is 19.3 Å². The Morgan fingerprint density at radius 3 is 2.28 bits per heavy atom. The summed E-state index contributed by atoms with van der Waals surface area (Å²) in [6.07, 6.45) is 3.14. The summed E-state index contributed by atoms with van der Waals surface area (Å²) in [6, 6.07) is 17.7. The van der Waals surface area contributed by atoms with Gasteiger partial charge in [0, 0.05) is 29.3 Å². The molecule has 0 aliphatic rings. The lowest BCUT2D eigenvalue weighted by molar-refractivity contribution is 0.102. The van der Waals surface area contributed by atoms with Crippen LogP contribution in [0.1, 0.15) is 10.4 Å². The normalized spacial score (nSPS) is 10.9. The second-order valence-corrected chi connectivity index (χ2v) is 6.87. The van der Waals surface area contributed by atoms with Crippen LogP contribution in [0.2, 0.25) is 0 Å². The maximum Gasteiger partial charge on any atom is 0.261 e. The molecule has 1 amide bonds. The number of carbonyl (C=O) groups excluding carboxylic acids is 1. The lowest BCUT2D eigenvalue weighted by Gasteiger charge is -2.10. The van der Waals surface area contributed by atoms with Gasteiger partial charge in [-0.05, 0) is 42.5 Å². The Labute approximate surface area is 145 Å². The van der Waals surface area contributed by atoms with E-state index < -0.39 is 10.0 Å². The zero-order chi connectivity index (χ0) is 17.7. The molecule has 0 unspecified atom stereocenters. The van der Waals surface area contributed by atoms with Gasteiger partial charge in [0.05, 0.1) is 4.90 Å². The summed E-state index contributed by atoms with van der Waals surface area (Å²) in [5, 5.41) is 2.72. The molecule has 0 radical (unpaired) electrons. The van der Waals surface area contributed by atoms with Crippen LogP contribution >= 0.6 is 0 Å². The predicted molar refractivity (Wildman–Crippen MR) is 95.9 cm³/mol. The van der Waals surface area contributed by atoms with Gasteiger partial charge < -0.3 is 5.32 Å². The highest BCUT2D eigenvalue weighted by Crippen LogP contribution is 2.18. The zero-order valence-electron chi connectivity index (χ0n) is 13.1. The Bertz CT molecular complexity index is 975. The summed E-state index contributed by atoms with van der Waals surface area (Å²) in [5.41, 5.74) is 1.26. The maximum atomic E-state index is 12.4. The lowest BCUT2D eigenvalue weighted by atomic mass is 10.2. The first kappa shape index (κ1) is 16.7. The number of nitrogens with zero attached hydrogens (tertiary/aromatic N) is 1. The molecule has 1 aromatic heterocycles. The number of aromatic nitrogens is 1. The standard InChI is InChI=1S/C18H15N3O3S/c22-18(20-15-9-11-19-12-10-15)14-5-4-6-16(13-14)21-25(23,24)17-7-2-1-3-8-17/h1-13,21H,(H,19,20,22). The van der Waals surface area contributed by atoms with Crippen molar-refractivity contribution in [2.24, 2.45) is 0 Å². The van der Waals surface area contributed by atoms with Crippen LogP contribution in [0.3, 0.4) is 0 Å². The number of rotatable bonds is 5. The molecule has 0 atom stereocenters. The Hall–Kier alpha value is -3.19. The third-order valence-electron chi connectivity index (χ3n) is 3.37. The fourth-order valence-corrected chi connectivity index (χ4v) is 3.25. The van der Waals surface area contributed by atoms with Crippen molar-refractivity contribution in [1.82, 2.24) is 4.98 Å². The van der Waals surface area contributed by atoms with Crippen molar-refractivity contribution in [3.63, 3.8) is 0 Å². The van der Waals surface area contributed by atoms with Crippen LogP contribution < -0.4 is 10.0 Å². The molecule has 6 nitrogen and oxygen atoms in total. The molecular formula is C18H15N3O3S. The molecule has 7 heteroatoms. The van der Waals surface area contributed by atoms with Gasteiger partial charge in [-0.1, -0.05) is 24.3 Å². The van der Waals surface area contributed by atoms with E-state index in [1.165, 1.54) is 18.2 Å². The molecule has 0 saturated heterocycles. The summed E-state index contributed by atoms with van der Waals surface area (Å²) >= 11 is 0. The number of anilines is 2. The first-order chi connectivity index (χ1) is 12.0. The monoisotopic (exact) mass is 353 g/mol. The van der Waals surface area contributed by atoms with Crippen LogP contribution in [0.15, 0.2) is 84.0 Å². The molecule has 2 aromatic carbocycles. The lowest BCUT2D eigenvalue weighted by Crippen LogP contribution is -2.15. The van der Waals surface area contributed by atoms with E-state index in [2.05, 4.69) is 15.0 Å². The van der Waals surface area contributed by atoms with E-state index >= 15 is 0 Å². The molecule has 2 N–H and O–H groups in total. The van der Waals surface area contributed by atoms with E-state index in [1.54, 1.807) is 60.9 Å². The van der Waals surface area contributed by atoms with E-state index in [0.29, 0.717) is 16.9 Å². The molecular weight excluding hydrogens is 338 g/mol. The van der Waals surface area contributed by atoms with E-state index in [1.807, 2.05) is 0 Å². The second-order valence-electron chi connectivity index (χ2n) is 5.19. The highest BCUT2D eigenvalue weighted by molar-refractivity contribution is 7.92. The quantitative estimate of drug-likeness (QED) is 0.737. The molecule has 126 valence electrons. The molecule has 3 aromatic rings. The molecule has 0 aliphatic heterocycles. The third-order valence-corrected chi connectivity index (χ3v) is 4.77. The first-order valence-corrected chi connectivity index (χ1v) is 8.92. The first-order valence-electron chi connectivity index (χ1n) is 7.44. The number of hydrogen-bond donors (Lipinski definition) is 2. The zero-order valence-corrected chi connectivity index (χ0v) is 13.9. The number of hydrogen-bond acceptors (Lipinski definition) is 4. The highest BCUT2D eigenvalue weighted by atomic mass is 32.2. The number of nitrogens with one attached hydrogen (secondary N) is 2. The van der Waals surface area contributed by atoms with E-state index in [4.69, 9.17) is 0 Å². The van der Waals surface area contributed by atoms with Gasteiger partial charge in [0.15, 0.2) is 0 Å². The minimum Gasteiger partial charge on any atom is -0.322 e. The predicted octanol–water partition coefficient (Wildman–Crippen LogP) is 3.13. The van der Waals surface area contributed by atoms with Gasteiger partial charge in [-0.25, -0.2) is 8.42 Å². The van der Waals surface area contributed by atoms with Crippen LogP contribution in [0.25, 0.3) is 0 Å². The number of carbonyl (C=O) groups is 1. The Morgan fingerprint density at radius 1 is 0.840 bits per heavy atom. The van der Waals surface area contributed by atoms with Crippen molar-refractivity contribution in [1.29, 1.82) is 0 Å². The fraction of sp³-hybridized carbons (Fsp3) is 0. The van der Waals surface area contributed by atoms with Crippen molar-refractivity contribution in [2.45, 2.75) is 4.90 Å². The third kappa shape index (κ3) is 4.21. The molecule has 0 aliphatic carbocycles. The van der Waals surface area contributed by atoms with Gasteiger partial charge in [-0.2, -0.15) is 0 Å². The van der Waals surface area contributed by atoms with Crippen molar-refractivity contribution in [3.8, 4) is 0 Å². The minimum absolute atomic E-state index is 0.154. The largest absolute Gasteiger partial charge is 0.322 e. The summed E-state index contributed by atoms with van der Waals surface area (Å²) in [7, 11) is -3.70. The second kappa shape index (κ2) is 7.14. The van der Waals surface area contributed by atoms with Gasteiger partial charge in [0.2, 0.25) is 0 Å². The van der Waals surface area contributed by atoms with Crippen LogP contribution in [-0.2, 0) is 10.0 Å². The summed E-state index contributed by atoms with van der Waals surface area (Å²) < 4.78 is 27.2. The summed E-state index contributed by atoms with van der Waals surface area (Å²) in [4.78, 5) is 16.3. The van der Waals surface area contributed by atoms with E-state index in [9.17, 15) is 13.2 Å². The minimum atomic E-state index is -3.70. The van der Waals surface area contributed by atoms with Gasteiger partial charge >= 0.3 is 0 Å². The molecule has 0 bridgehead atoms. The summed E-state index contributed by atoms with van der Waals surface area (Å²) in [6.45, 7) is 0. The van der Waals surface area contributed by atoms with E-state index in [0.717, 1.165) is 0 Å². The number of sulfonamides is 1. The highest BCUT2D eigenvalue weighted by Gasteiger charge is 2.14. The Morgan fingerprint density at radius 2 is 1.56 bits per heavy atom. The molecule has 3 rings (SSSR count). The van der Waals surface area contributed by atoms with Crippen LogP contribution in [0, 0.1) is 0 Å².